The molecule has 0 bridgehead atoms. The van der Waals surface area contributed by atoms with Gasteiger partial charge in [-0.2, -0.15) is 0 Å². The van der Waals surface area contributed by atoms with Crippen LogP contribution < -0.4 is 15.8 Å². The Bertz CT molecular complexity index is 490. The summed E-state index contributed by atoms with van der Waals surface area (Å²) in [7, 11) is 1.63. The van der Waals surface area contributed by atoms with E-state index in [1.807, 2.05) is 12.1 Å². The first kappa shape index (κ1) is 16.1. The zero-order valence-electron chi connectivity index (χ0n) is 12.3. The third-order valence-electron chi connectivity index (χ3n) is 3.80. The Kier molecular flexibility index (Phi) is 5.85. The number of hydrogen-bond acceptors (Lipinski definition) is 4. The van der Waals surface area contributed by atoms with Crippen molar-refractivity contribution >= 4 is 17.5 Å². The Balaban J connectivity index is 2.17. The third kappa shape index (κ3) is 4.59. The summed E-state index contributed by atoms with van der Waals surface area (Å²) in [4.78, 5) is 13.5. The average Bonchev–Trinajstić information content (AvgIpc) is 2.47. The van der Waals surface area contributed by atoms with E-state index in [1.54, 1.807) is 13.2 Å². The fourth-order valence-electron chi connectivity index (χ4n) is 2.78. The monoisotopic (exact) mass is 311 g/mol. The molecule has 1 fully saturated rings. The average molecular weight is 312 g/mol. The van der Waals surface area contributed by atoms with E-state index in [0.29, 0.717) is 17.6 Å². The maximum atomic E-state index is 11.4. The Morgan fingerprint density at radius 1 is 1.48 bits per heavy atom. The van der Waals surface area contributed by atoms with Gasteiger partial charge in [-0.05, 0) is 44.1 Å². The fraction of sp³-hybridized carbons (Fsp3) is 0.533. The molecular weight excluding hydrogens is 290 g/mol. The number of amides is 1. The van der Waals surface area contributed by atoms with Crippen LogP contribution in [0.1, 0.15) is 18.4 Å². The Hall–Kier alpha value is -1.30. The van der Waals surface area contributed by atoms with Crippen LogP contribution in [-0.2, 0) is 11.3 Å². The lowest BCUT2D eigenvalue weighted by Crippen LogP contribution is -2.46. The van der Waals surface area contributed by atoms with Crippen molar-refractivity contribution in [3.05, 3.63) is 28.8 Å². The van der Waals surface area contributed by atoms with Gasteiger partial charge in [0.05, 0.1) is 13.7 Å². The van der Waals surface area contributed by atoms with E-state index in [1.165, 1.54) is 0 Å². The number of piperidine rings is 1. The van der Waals surface area contributed by atoms with Gasteiger partial charge in [0.2, 0.25) is 5.91 Å². The molecule has 1 aliphatic heterocycles. The SMILES string of the molecule is COc1ccc(Cl)cc1CN(CC(N)=O)C1CCNCC1. The summed E-state index contributed by atoms with van der Waals surface area (Å²) >= 11 is 6.07. The van der Waals surface area contributed by atoms with Crippen molar-refractivity contribution in [3.8, 4) is 5.75 Å². The predicted molar refractivity (Wildman–Crippen MR) is 83.5 cm³/mol. The first-order valence-electron chi connectivity index (χ1n) is 7.15. The highest BCUT2D eigenvalue weighted by Crippen LogP contribution is 2.25. The van der Waals surface area contributed by atoms with Gasteiger partial charge in [0.25, 0.3) is 0 Å². The minimum absolute atomic E-state index is 0.250. The molecule has 21 heavy (non-hydrogen) atoms. The summed E-state index contributed by atoms with van der Waals surface area (Å²) in [6, 6.07) is 5.88. The highest BCUT2D eigenvalue weighted by Gasteiger charge is 2.23. The third-order valence-corrected chi connectivity index (χ3v) is 4.03. The number of benzene rings is 1. The van der Waals surface area contributed by atoms with E-state index < -0.39 is 0 Å². The molecule has 1 saturated heterocycles. The summed E-state index contributed by atoms with van der Waals surface area (Å²) in [6.07, 6.45) is 2.02. The molecule has 3 N–H and O–H groups in total. The summed E-state index contributed by atoms with van der Waals surface area (Å²) in [5, 5.41) is 3.99. The molecule has 0 unspecified atom stereocenters. The number of halogens is 1. The normalized spacial score (nSPS) is 16.1. The lowest BCUT2D eigenvalue weighted by atomic mass is 10.0. The van der Waals surface area contributed by atoms with Crippen LogP contribution in [0.15, 0.2) is 18.2 Å². The van der Waals surface area contributed by atoms with Gasteiger partial charge in [-0.1, -0.05) is 11.6 Å². The van der Waals surface area contributed by atoms with Crippen LogP contribution in [0.3, 0.4) is 0 Å². The van der Waals surface area contributed by atoms with Crippen LogP contribution in [0, 0.1) is 0 Å². The van der Waals surface area contributed by atoms with Crippen LogP contribution >= 0.6 is 11.6 Å². The zero-order valence-corrected chi connectivity index (χ0v) is 13.0. The fourth-order valence-corrected chi connectivity index (χ4v) is 2.97. The number of nitrogens with two attached hydrogens (primary N) is 1. The molecule has 6 heteroatoms. The minimum atomic E-state index is -0.311. The van der Waals surface area contributed by atoms with E-state index >= 15 is 0 Å². The number of carbonyl (C=O) groups is 1. The van der Waals surface area contributed by atoms with E-state index in [0.717, 1.165) is 37.2 Å². The van der Waals surface area contributed by atoms with Crippen molar-refractivity contribution in [2.45, 2.75) is 25.4 Å². The Morgan fingerprint density at radius 3 is 2.81 bits per heavy atom. The minimum Gasteiger partial charge on any atom is -0.496 e. The molecule has 1 aromatic rings. The molecule has 1 aliphatic rings. The van der Waals surface area contributed by atoms with E-state index in [-0.39, 0.29) is 12.5 Å². The predicted octanol–water partition coefficient (Wildman–Crippen LogP) is 1.39. The number of nitrogens with one attached hydrogen (secondary N) is 1. The number of carbonyl (C=O) groups excluding carboxylic acids is 1. The summed E-state index contributed by atoms with van der Waals surface area (Å²) in [6.45, 7) is 2.79. The van der Waals surface area contributed by atoms with Gasteiger partial charge in [0.15, 0.2) is 0 Å². The maximum absolute atomic E-state index is 11.4. The molecular formula is C15H22ClN3O2. The summed E-state index contributed by atoms with van der Waals surface area (Å²) in [5.41, 5.74) is 6.38. The smallest absolute Gasteiger partial charge is 0.231 e. The topological polar surface area (TPSA) is 67.6 Å². The van der Waals surface area contributed by atoms with Crippen molar-refractivity contribution in [3.63, 3.8) is 0 Å². The second kappa shape index (κ2) is 7.64. The van der Waals surface area contributed by atoms with Crippen LogP contribution in [0.25, 0.3) is 0 Å². The molecule has 0 spiro atoms. The molecule has 1 amide bonds. The quantitative estimate of drug-likeness (QED) is 0.833. The molecule has 1 heterocycles. The molecule has 0 aromatic heterocycles. The van der Waals surface area contributed by atoms with Gasteiger partial charge >= 0.3 is 0 Å². The zero-order chi connectivity index (χ0) is 15.2. The van der Waals surface area contributed by atoms with Crippen molar-refractivity contribution in [1.82, 2.24) is 10.2 Å². The molecule has 0 atom stereocenters. The molecule has 116 valence electrons. The molecule has 0 radical (unpaired) electrons. The molecule has 1 aromatic carbocycles. The van der Waals surface area contributed by atoms with Gasteiger partial charge in [0, 0.05) is 23.2 Å². The first-order chi connectivity index (χ1) is 10.1. The van der Waals surface area contributed by atoms with Crippen molar-refractivity contribution < 1.29 is 9.53 Å². The summed E-state index contributed by atoms with van der Waals surface area (Å²) < 4.78 is 5.38. The van der Waals surface area contributed by atoms with E-state index in [9.17, 15) is 4.79 Å². The van der Waals surface area contributed by atoms with Gasteiger partial charge in [-0.3, -0.25) is 9.69 Å². The lowest BCUT2D eigenvalue weighted by molar-refractivity contribution is -0.120. The van der Waals surface area contributed by atoms with Gasteiger partial charge in [0.1, 0.15) is 5.75 Å². The molecule has 0 saturated carbocycles. The van der Waals surface area contributed by atoms with Crippen LogP contribution in [0.5, 0.6) is 5.75 Å². The van der Waals surface area contributed by atoms with Crippen LogP contribution in [0.2, 0.25) is 5.02 Å². The number of rotatable bonds is 6. The second-order valence-electron chi connectivity index (χ2n) is 5.31. The Labute approximate surface area is 130 Å². The summed E-state index contributed by atoms with van der Waals surface area (Å²) in [5.74, 6) is 0.470. The van der Waals surface area contributed by atoms with Crippen molar-refractivity contribution in [2.24, 2.45) is 5.73 Å². The van der Waals surface area contributed by atoms with E-state index in [2.05, 4.69) is 10.2 Å². The van der Waals surface area contributed by atoms with Crippen LogP contribution in [0.4, 0.5) is 0 Å². The van der Waals surface area contributed by atoms with Gasteiger partial charge in [-0.25, -0.2) is 0 Å². The standard InChI is InChI=1S/C15H22ClN3O2/c1-21-14-3-2-12(16)8-11(14)9-19(10-15(17)20)13-4-6-18-7-5-13/h2-3,8,13,18H,4-7,9-10H2,1H3,(H2,17,20). The van der Waals surface area contributed by atoms with E-state index in [4.69, 9.17) is 22.1 Å². The first-order valence-corrected chi connectivity index (χ1v) is 7.53. The largest absolute Gasteiger partial charge is 0.496 e. The number of methoxy groups -OCH3 is 1. The maximum Gasteiger partial charge on any atom is 0.231 e. The Morgan fingerprint density at radius 2 is 2.19 bits per heavy atom. The molecule has 2 rings (SSSR count). The highest BCUT2D eigenvalue weighted by molar-refractivity contribution is 6.30. The molecule has 5 nitrogen and oxygen atoms in total. The number of hydrogen-bond donors (Lipinski definition) is 2. The van der Waals surface area contributed by atoms with Crippen molar-refractivity contribution in [2.75, 3.05) is 26.7 Å². The second-order valence-corrected chi connectivity index (χ2v) is 5.75. The number of nitrogens with zero attached hydrogens (tertiary/aromatic N) is 1. The highest BCUT2D eigenvalue weighted by atomic mass is 35.5. The van der Waals surface area contributed by atoms with Gasteiger partial charge < -0.3 is 15.8 Å². The molecule has 0 aliphatic carbocycles. The number of ether oxygens (including phenoxy) is 1. The number of primary amides is 1. The van der Waals surface area contributed by atoms with Crippen molar-refractivity contribution in [1.29, 1.82) is 0 Å². The lowest BCUT2D eigenvalue weighted by Gasteiger charge is -2.34. The van der Waals surface area contributed by atoms with Crippen LogP contribution in [-0.4, -0.2) is 43.6 Å². The van der Waals surface area contributed by atoms with Gasteiger partial charge in [-0.15, -0.1) is 0 Å².